The van der Waals surface area contributed by atoms with E-state index in [2.05, 4.69) is 191 Å². The van der Waals surface area contributed by atoms with Gasteiger partial charge >= 0.3 is 17.9 Å². The second kappa shape index (κ2) is 62.3. The van der Waals surface area contributed by atoms with Gasteiger partial charge in [0.2, 0.25) is 0 Å². The zero-order valence-corrected chi connectivity index (χ0v) is 48.4. The minimum atomic E-state index is -0.819. The highest BCUT2D eigenvalue weighted by atomic mass is 16.6. The highest BCUT2D eigenvalue weighted by Gasteiger charge is 2.19. The summed E-state index contributed by atoms with van der Waals surface area (Å²) >= 11 is 0. The highest BCUT2D eigenvalue weighted by Crippen LogP contribution is 2.12. The van der Waals surface area contributed by atoms with Crippen molar-refractivity contribution in [2.75, 3.05) is 13.2 Å². The van der Waals surface area contributed by atoms with Crippen LogP contribution in [0.3, 0.4) is 0 Å². The van der Waals surface area contributed by atoms with Gasteiger partial charge in [0.25, 0.3) is 0 Å². The maximum absolute atomic E-state index is 12.9. The summed E-state index contributed by atoms with van der Waals surface area (Å²) in [6, 6.07) is 0. The molecule has 0 aliphatic rings. The first-order valence-electron chi connectivity index (χ1n) is 30.1. The molecule has 0 bridgehead atoms. The van der Waals surface area contributed by atoms with E-state index in [1.165, 1.54) is 12.8 Å². The van der Waals surface area contributed by atoms with Gasteiger partial charge in [-0.3, -0.25) is 14.4 Å². The summed E-state index contributed by atoms with van der Waals surface area (Å²) in [5.74, 6) is -0.991. The highest BCUT2D eigenvalue weighted by molar-refractivity contribution is 5.71. The lowest BCUT2D eigenvalue weighted by Crippen LogP contribution is -2.30. The average molecular weight is 1050 g/mol. The Labute approximate surface area is 466 Å². The number of carbonyl (C=O) groups is 3. The molecule has 0 spiro atoms. The number of unbranched alkanes of at least 4 members (excludes halogenated alkanes) is 13. The van der Waals surface area contributed by atoms with Gasteiger partial charge in [0.05, 0.1) is 0 Å². The fourth-order valence-electron chi connectivity index (χ4n) is 7.48. The van der Waals surface area contributed by atoms with Gasteiger partial charge in [0, 0.05) is 19.3 Å². The Morgan fingerprint density at radius 2 is 0.513 bits per heavy atom. The lowest BCUT2D eigenvalue weighted by Gasteiger charge is -2.18. The van der Waals surface area contributed by atoms with Crippen LogP contribution < -0.4 is 0 Å². The van der Waals surface area contributed by atoms with Crippen LogP contribution in [-0.2, 0) is 28.6 Å². The molecule has 76 heavy (non-hydrogen) atoms. The molecule has 0 aromatic carbocycles. The van der Waals surface area contributed by atoms with Crippen LogP contribution in [0.1, 0.15) is 233 Å². The Morgan fingerprint density at radius 1 is 0.276 bits per heavy atom. The average Bonchev–Trinajstić information content (AvgIpc) is 3.42. The van der Waals surface area contributed by atoms with Gasteiger partial charge in [0.1, 0.15) is 13.2 Å². The van der Waals surface area contributed by atoms with Crippen molar-refractivity contribution in [3.63, 3.8) is 0 Å². The third kappa shape index (κ3) is 59.6. The van der Waals surface area contributed by atoms with Crippen LogP contribution in [0.25, 0.3) is 0 Å². The van der Waals surface area contributed by atoms with Crippen molar-refractivity contribution in [1.29, 1.82) is 0 Å². The second-order valence-corrected chi connectivity index (χ2v) is 19.1. The molecule has 1 unspecified atom stereocenters. The Bertz CT molecular complexity index is 1770. The molecule has 0 rings (SSSR count). The maximum Gasteiger partial charge on any atom is 0.306 e. The van der Waals surface area contributed by atoms with Gasteiger partial charge in [-0.25, -0.2) is 0 Å². The monoisotopic (exact) mass is 1040 g/mol. The van der Waals surface area contributed by atoms with E-state index >= 15 is 0 Å². The van der Waals surface area contributed by atoms with E-state index in [1.54, 1.807) is 0 Å². The minimum Gasteiger partial charge on any atom is -0.462 e. The molecular formula is C70H108O6. The fourth-order valence-corrected chi connectivity index (χ4v) is 7.48. The molecular weight excluding hydrogens is 937 g/mol. The van der Waals surface area contributed by atoms with Crippen molar-refractivity contribution >= 4 is 17.9 Å². The first kappa shape index (κ1) is 70.8. The number of ether oxygens (including phenoxy) is 3. The van der Waals surface area contributed by atoms with Crippen LogP contribution in [0.4, 0.5) is 0 Å². The number of esters is 3. The molecule has 0 saturated heterocycles. The predicted molar refractivity (Wildman–Crippen MR) is 329 cm³/mol. The van der Waals surface area contributed by atoms with Gasteiger partial charge in [-0.15, -0.1) is 0 Å². The number of allylic oxidation sites excluding steroid dienone is 28. The SMILES string of the molecule is CC/C=C\C/C=C\C/C=C\C/C=C\C/C=C\C/C=C\C/C=C\C/C=C\CCCCCCC(=O)OCC(COC(=O)CCCCCCC/C=C\CCC)OC(=O)CCCCC/C=C\C/C=C\C/C=C\C/C=C\C/C=C\CC. The molecule has 6 heteroatoms. The molecule has 0 heterocycles. The van der Waals surface area contributed by atoms with Gasteiger partial charge in [-0.2, -0.15) is 0 Å². The molecule has 0 saturated carbocycles. The van der Waals surface area contributed by atoms with Crippen LogP contribution in [-0.4, -0.2) is 37.2 Å². The summed E-state index contributed by atoms with van der Waals surface area (Å²) in [6.07, 6.45) is 92.1. The van der Waals surface area contributed by atoms with Gasteiger partial charge in [-0.05, 0) is 148 Å². The molecule has 1 atom stereocenters. The van der Waals surface area contributed by atoms with E-state index in [-0.39, 0.29) is 37.5 Å². The van der Waals surface area contributed by atoms with Crippen LogP contribution in [0.15, 0.2) is 170 Å². The van der Waals surface area contributed by atoms with Gasteiger partial charge < -0.3 is 14.2 Å². The Balaban J connectivity index is 4.42. The first-order chi connectivity index (χ1) is 37.5. The standard InChI is InChI=1S/C70H108O6/c1-4-7-10-13-16-19-22-24-26-28-30-31-32-33-34-35-36-37-38-39-41-42-44-46-48-51-54-57-60-63-69(72)75-66-67(65-74-68(71)62-59-56-53-50-21-18-15-12-9-6-3)76-70(73)64-61-58-55-52-49-47-45-43-40-29-27-25-23-20-17-14-11-8-5-2/h7-8,10-12,15-17,19-20,24-27,30-31,33-34,36-37,39-41,43-44,46-47,49,67H,4-6,9,13-14,18,21-23,28-29,32,35,38,42,45,48,50-66H2,1-3H3/b10-7-,11-8-,15-12-,19-16-,20-17-,26-24-,27-25-,31-30-,34-33-,37-36-,41-39-,43-40-,46-44-,49-47-. The van der Waals surface area contributed by atoms with E-state index in [1.807, 2.05) is 0 Å². The zero-order chi connectivity index (χ0) is 55.0. The van der Waals surface area contributed by atoms with Crippen LogP contribution >= 0.6 is 0 Å². The quantitative estimate of drug-likeness (QED) is 0.0261. The third-order valence-corrected chi connectivity index (χ3v) is 11.9. The number of hydrogen-bond acceptors (Lipinski definition) is 6. The topological polar surface area (TPSA) is 78.9 Å². The Morgan fingerprint density at radius 3 is 0.829 bits per heavy atom. The summed E-state index contributed by atoms with van der Waals surface area (Å²) in [5, 5.41) is 0. The second-order valence-electron chi connectivity index (χ2n) is 19.1. The van der Waals surface area contributed by atoms with E-state index in [0.717, 1.165) is 173 Å². The molecule has 424 valence electrons. The van der Waals surface area contributed by atoms with Crippen molar-refractivity contribution < 1.29 is 28.6 Å². The van der Waals surface area contributed by atoms with E-state index in [9.17, 15) is 14.4 Å². The summed E-state index contributed by atoms with van der Waals surface area (Å²) < 4.78 is 16.8. The smallest absolute Gasteiger partial charge is 0.306 e. The molecule has 0 aliphatic heterocycles. The minimum absolute atomic E-state index is 0.112. The molecule has 0 aromatic heterocycles. The molecule has 6 nitrogen and oxygen atoms in total. The molecule has 0 radical (unpaired) electrons. The van der Waals surface area contributed by atoms with Gasteiger partial charge in [-0.1, -0.05) is 236 Å². The third-order valence-electron chi connectivity index (χ3n) is 11.9. The predicted octanol–water partition coefficient (Wildman–Crippen LogP) is 20.7. The van der Waals surface area contributed by atoms with E-state index in [0.29, 0.717) is 19.3 Å². The van der Waals surface area contributed by atoms with Gasteiger partial charge in [0.15, 0.2) is 6.10 Å². The Hall–Kier alpha value is -5.23. The largest absolute Gasteiger partial charge is 0.462 e. The van der Waals surface area contributed by atoms with Crippen LogP contribution in [0.2, 0.25) is 0 Å². The lowest BCUT2D eigenvalue weighted by molar-refractivity contribution is -0.167. The van der Waals surface area contributed by atoms with Crippen LogP contribution in [0, 0.1) is 0 Å². The number of rotatable bonds is 52. The number of carbonyl (C=O) groups excluding carboxylic acids is 3. The molecule has 0 fully saturated rings. The molecule has 0 amide bonds. The van der Waals surface area contributed by atoms with E-state index < -0.39 is 6.10 Å². The zero-order valence-electron chi connectivity index (χ0n) is 48.4. The van der Waals surface area contributed by atoms with Crippen molar-refractivity contribution in [2.45, 2.75) is 239 Å². The summed E-state index contributed by atoms with van der Waals surface area (Å²) in [5.41, 5.74) is 0. The summed E-state index contributed by atoms with van der Waals surface area (Å²) in [4.78, 5) is 38.1. The fraction of sp³-hybridized carbons (Fsp3) is 0.557. The number of hydrogen-bond donors (Lipinski definition) is 0. The summed E-state index contributed by atoms with van der Waals surface area (Å²) in [6.45, 7) is 6.27. The van der Waals surface area contributed by atoms with Crippen molar-refractivity contribution in [3.05, 3.63) is 170 Å². The Kier molecular flexibility index (Phi) is 58.0. The van der Waals surface area contributed by atoms with E-state index in [4.69, 9.17) is 14.2 Å². The van der Waals surface area contributed by atoms with Crippen LogP contribution in [0.5, 0.6) is 0 Å². The molecule has 0 aliphatic carbocycles. The summed E-state index contributed by atoms with van der Waals surface area (Å²) in [7, 11) is 0. The lowest BCUT2D eigenvalue weighted by atomic mass is 10.1. The molecule has 0 aromatic rings. The molecule has 0 N–H and O–H groups in total. The van der Waals surface area contributed by atoms with Crippen molar-refractivity contribution in [1.82, 2.24) is 0 Å². The van der Waals surface area contributed by atoms with Crippen molar-refractivity contribution in [3.8, 4) is 0 Å². The van der Waals surface area contributed by atoms with Crippen molar-refractivity contribution in [2.24, 2.45) is 0 Å². The normalized spacial score (nSPS) is 13.4. The first-order valence-corrected chi connectivity index (χ1v) is 30.1. The maximum atomic E-state index is 12.9.